The Kier molecular flexibility index (Phi) is 4.51. The van der Waals surface area contributed by atoms with Crippen LogP contribution in [-0.4, -0.2) is 0 Å². The van der Waals surface area contributed by atoms with Crippen molar-refractivity contribution in [2.24, 2.45) is 0 Å². The Morgan fingerprint density at radius 1 is 1.23 bits per heavy atom. The Morgan fingerprint density at radius 2 is 1.69 bits per heavy atom. The average molecular weight is 196 g/mol. The molecule has 1 aromatic heterocycles. The molecule has 0 bridgehead atoms. The summed E-state index contributed by atoms with van der Waals surface area (Å²) in [4.78, 5) is 0. The van der Waals surface area contributed by atoms with Gasteiger partial charge in [-0.25, -0.2) is 0 Å². The van der Waals surface area contributed by atoms with Crippen molar-refractivity contribution in [1.82, 2.24) is 0 Å². The van der Waals surface area contributed by atoms with Gasteiger partial charge in [-0.3, -0.25) is 0 Å². The summed E-state index contributed by atoms with van der Waals surface area (Å²) in [5.74, 6) is 2.65. The number of pyridine rings is 1. The maximum Gasteiger partial charge on any atom is 0.209 e. The van der Waals surface area contributed by atoms with E-state index in [1.807, 2.05) is 0 Å². The summed E-state index contributed by atoms with van der Waals surface area (Å²) in [5.41, 5.74) is 3.74. The molecule has 0 fully saturated rings. The molecule has 0 saturated heterocycles. The quantitative estimate of drug-likeness (QED) is 0.381. The molecule has 2 heteroatoms. The second-order valence-corrected chi connectivity index (χ2v) is 3.11. The van der Waals surface area contributed by atoms with Crippen LogP contribution in [0.4, 0.5) is 0 Å². The average Bonchev–Trinajstić information content (AvgIpc) is 1.96. The maximum absolute atomic E-state index is 5.27. The molecule has 70 valence electrons. The molecule has 0 N–H and O–H groups in total. The third kappa shape index (κ3) is 2.75. The van der Waals surface area contributed by atoms with Crippen molar-refractivity contribution >= 4 is 0 Å². The van der Waals surface area contributed by atoms with Gasteiger partial charge in [0.15, 0.2) is 11.4 Å². The van der Waals surface area contributed by atoms with Crippen molar-refractivity contribution in [3.05, 3.63) is 29.1 Å². The highest BCUT2D eigenvalue weighted by Crippen LogP contribution is 2.00. The van der Waals surface area contributed by atoms with Gasteiger partial charge in [-0.05, 0) is 18.4 Å². The van der Waals surface area contributed by atoms with E-state index in [9.17, 15) is 0 Å². The maximum atomic E-state index is 5.27. The van der Waals surface area contributed by atoms with Crippen LogP contribution < -0.4 is 17.0 Å². The fraction of sp³-hybridized carbons (Fsp3) is 0.364. The van der Waals surface area contributed by atoms with Crippen molar-refractivity contribution in [2.45, 2.75) is 27.3 Å². The first-order chi connectivity index (χ1) is 5.65. The molecule has 0 radical (unpaired) electrons. The Labute approximate surface area is 86.2 Å². The van der Waals surface area contributed by atoms with Crippen LogP contribution in [0.25, 0.3) is 0 Å². The molecule has 0 amide bonds. The molecule has 0 aliphatic rings. The smallest absolute Gasteiger partial charge is 0.209 e. The van der Waals surface area contributed by atoms with E-state index in [0.717, 1.165) is 0 Å². The second kappa shape index (κ2) is 4.89. The number of rotatable bonds is 1. The number of halogens is 1. The first-order valence-electron chi connectivity index (χ1n) is 4.06. The molecule has 1 heterocycles. The summed E-state index contributed by atoms with van der Waals surface area (Å²) in [6, 6.07) is 4.29. The van der Waals surface area contributed by atoms with Gasteiger partial charge in [0.1, 0.15) is 0 Å². The summed E-state index contributed by atoms with van der Waals surface area (Å²) in [7, 11) is 0. The topological polar surface area (TPSA) is 3.88 Å². The van der Waals surface area contributed by atoms with E-state index in [-0.39, 0.29) is 12.4 Å². The summed E-state index contributed by atoms with van der Waals surface area (Å²) >= 11 is 0. The molecule has 1 nitrogen and oxygen atoms in total. The predicted molar refractivity (Wildman–Crippen MR) is 49.7 cm³/mol. The van der Waals surface area contributed by atoms with E-state index in [2.05, 4.69) is 43.4 Å². The Morgan fingerprint density at radius 3 is 2.08 bits per heavy atom. The predicted octanol–water partition coefficient (Wildman–Crippen LogP) is -1.46. The van der Waals surface area contributed by atoms with Gasteiger partial charge < -0.3 is 12.4 Å². The minimum absolute atomic E-state index is 0. The lowest BCUT2D eigenvalue weighted by atomic mass is 10.2. The molecule has 1 aromatic rings. The van der Waals surface area contributed by atoms with E-state index in [4.69, 9.17) is 6.42 Å². The fourth-order valence-corrected chi connectivity index (χ4v) is 1.48. The van der Waals surface area contributed by atoms with Crippen molar-refractivity contribution in [3.8, 4) is 12.3 Å². The summed E-state index contributed by atoms with van der Waals surface area (Å²) < 4.78 is 2.13. The van der Waals surface area contributed by atoms with Gasteiger partial charge in [0.25, 0.3) is 0 Å². The number of aryl methyl sites for hydroxylation is 3. The number of nitrogens with zero attached hydrogens (tertiary/aromatic N) is 1. The van der Waals surface area contributed by atoms with Crippen molar-refractivity contribution in [3.63, 3.8) is 0 Å². The molecule has 13 heavy (non-hydrogen) atoms. The minimum atomic E-state index is 0. The third-order valence-corrected chi connectivity index (χ3v) is 1.97. The van der Waals surface area contributed by atoms with Gasteiger partial charge in [0, 0.05) is 26.0 Å². The molecule has 0 aliphatic heterocycles. The van der Waals surface area contributed by atoms with Gasteiger partial charge in [0.05, 0.1) is 0 Å². The van der Waals surface area contributed by atoms with Crippen LogP contribution in [0.1, 0.15) is 17.0 Å². The highest BCUT2D eigenvalue weighted by atomic mass is 35.5. The Hall–Kier alpha value is -1.00. The van der Waals surface area contributed by atoms with Crippen molar-refractivity contribution < 1.29 is 17.0 Å². The molecule has 0 atom stereocenters. The normalized spacial score (nSPS) is 8.77. The monoisotopic (exact) mass is 195 g/mol. The first kappa shape index (κ1) is 12.0. The van der Waals surface area contributed by atoms with Gasteiger partial charge in [-0.1, -0.05) is 0 Å². The SMILES string of the molecule is C#CC[n+]1c(C)cc(C)cc1C.[Cl-]. The molecule has 0 unspecified atom stereocenters. The summed E-state index contributed by atoms with van der Waals surface area (Å²) in [6.07, 6.45) is 5.27. The molecular weight excluding hydrogens is 182 g/mol. The lowest BCUT2D eigenvalue weighted by Crippen LogP contribution is -3.00. The van der Waals surface area contributed by atoms with Crippen LogP contribution in [0, 0.1) is 33.1 Å². The second-order valence-electron chi connectivity index (χ2n) is 3.11. The zero-order chi connectivity index (χ0) is 9.14. The fourth-order valence-electron chi connectivity index (χ4n) is 1.48. The van der Waals surface area contributed by atoms with Crippen LogP contribution >= 0.6 is 0 Å². The van der Waals surface area contributed by atoms with Gasteiger partial charge in [-0.15, -0.1) is 6.42 Å². The van der Waals surface area contributed by atoms with Crippen LogP contribution in [-0.2, 0) is 6.54 Å². The van der Waals surface area contributed by atoms with E-state index >= 15 is 0 Å². The van der Waals surface area contributed by atoms with Crippen LogP contribution in [0.15, 0.2) is 12.1 Å². The van der Waals surface area contributed by atoms with E-state index < -0.39 is 0 Å². The standard InChI is InChI=1S/C11H14N.ClH/c1-5-6-12-10(3)7-9(2)8-11(12)4;/h1,7-8H,6H2,2-4H3;1H/q+1;/p-1. The highest BCUT2D eigenvalue weighted by molar-refractivity contribution is 5.13. The number of aromatic nitrogens is 1. The van der Waals surface area contributed by atoms with Crippen LogP contribution in [0.2, 0.25) is 0 Å². The Balaban J connectivity index is 0.00000144. The van der Waals surface area contributed by atoms with Gasteiger partial charge in [-0.2, -0.15) is 4.57 Å². The van der Waals surface area contributed by atoms with Gasteiger partial charge >= 0.3 is 0 Å². The number of hydrogen-bond acceptors (Lipinski definition) is 0. The number of terminal acetylenes is 1. The van der Waals surface area contributed by atoms with Gasteiger partial charge in [0.2, 0.25) is 6.54 Å². The lowest BCUT2D eigenvalue weighted by Gasteiger charge is -2.01. The molecule has 0 aromatic carbocycles. The van der Waals surface area contributed by atoms with E-state index in [1.54, 1.807) is 0 Å². The molecular formula is C11H14ClN. The molecule has 1 rings (SSSR count). The van der Waals surface area contributed by atoms with Crippen molar-refractivity contribution in [2.75, 3.05) is 0 Å². The largest absolute Gasteiger partial charge is 1.00 e. The Bertz CT molecular complexity index is 313. The third-order valence-electron chi connectivity index (χ3n) is 1.97. The summed E-state index contributed by atoms with van der Waals surface area (Å²) in [6.45, 7) is 6.92. The van der Waals surface area contributed by atoms with Crippen molar-refractivity contribution in [1.29, 1.82) is 0 Å². The highest BCUT2D eigenvalue weighted by Gasteiger charge is 2.08. The summed E-state index contributed by atoms with van der Waals surface area (Å²) in [5, 5.41) is 0. The van der Waals surface area contributed by atoms with E-state index in [0.29, 0.717) is 6.54 Å². The zero-order valence-corrected chi connectivity index (χ0v) is 9.02. The lowest BCUT2D eigenvalue weighted by molar-refractivity contribution is -0.696. The molecule has 0 spiro atoms. The zero-order valence-electron chi connectivity index (χ0n) is 8.26. The first-order valence-corrected chi connectivity index (χ1v) is 4.06. The van der Waals surface area contributed by atoms with Crippen LogP contribution in [0.3, 0.4) is 0 Å². The minimum Gasteiger partial charge on any atom is -1.00 e. The number of hydrogen-bond donors (Lipinski definition) is 0. The van der Waals surface area contributed by atoms with E-state index in [1.165, 1.54) is 17.0 Å². The molecule has 0 aliphatic carbocycles. The molecule has 0 saturated carbocycles. The van der Waals surface area contributed by atoms with Crippen LogP contribution in [0.5, 0.6) is 0 Å².